The molecule has 1 aromatic heterocycles. The molecule has 0 saturated carbocycles. The molecule has 1 saturated heterocycles. The highest BCUT2D eigenvalue weighted by Crippen LogP contribution is 2.19. The van der Waals surface area contributed by atoms with Gasteiger partial charge in [0.15, 0.2) is 5.82 Å². The van der Waals surface area contributed by atoms with Gasteiger partial charge in [-0.3, -0.25) is 4.79 Å². The number of anilines is 1. The third-order valence-corrected chi connectivity index (χ3v) is 3.52. The fourth-order valence-corrected chi connectivity index (χ4v) is 2.31. The van der Waals surface area contributed by atoms with Crippen LogP contribution in [-0.2, 0) is 5.54 Å². The Balaban J connectivity index is 2.39. The summed E-state index contributed by atoms with van der Waals surface area (Å²) < 4.78 is 1.73. The molecular weight excluding hydrogens is 228 g/mol. The van der Waals surface area contributed by atoms with Crippen molar-refractivity contribution in [3.05, 3.63) is 22.7 Å². The third-order valence-electron chi connectivity index (χ3n) is 3.52. The molecule has 18 heavy (non-hydrogen) atoms. The number of hydrogen-bond acceptors (Lipinski definition) is 4. The smallest absolute Gasteiger partial charge is 0.293 e. The minimum atomic E-state index is -0.234. The maximum Gasteiger partial charge on any atom is 0.293 e. The molecule has 0 bridgehead atoms. The van der Waals surface area contributed by atoms with E-state index in [1.165, 1.54) is 0 Å². The Kier molecular flexibility index (Phi) is 3.19. The first-order valence-electron chi connectivity index (χ1n) is 6.39. The molecule has 1 fully saturated rings. The van der Waals surface area contributed by atoms with Crippen molar-refractivity contribution >= 4 is 5.82 Å². The van der Waals surface area contributed by atoms with Gasteiger partial charge in [-0.2, -0.15) is 0 Å². The van der Waals surface area contributed by atoms with Crippen molar-refractivity contribution in [2.45, 2.75) is 39.3 Å². The molecule has 2 heterocycles. The van der Waals surface area contributed by atoms with Crippen molar-refractivity contribution in [2.75, 3.05) is 18.0 Å². The molecule has 2 unspecified atom stereocenters. The van der Waals surface area contributed by atoms with Crippen LogP contribution in [0.5, 0.6) is 0 Å². The van der Waals surface area contributed by atoms with Crippen LogP contribution in [0.3, 0.4) is 0 Å². The van der Waals surface area contributed by atoms with E-state index in [1.54, 1.807) is 17.0 Å². The quantitative estimate of drug-likeness (QED) is 0.800. The molecule has 1 aliphatic heterocycles. The molecule has 2 rings (SSSR count). The summed E-state index contributed by atoms with van der Waals surface area (Å²) in [5.41, 5.74) is 5.73. The Bertz CT molecular complexity index is 478. The van der Waals surface area contributed by atoms with E-state index in [0.717, 1.165) is 6.54 Å². The molecule has 0 amide bonds. The lowest BCUT2D eigenvalue weighted by Gasteiger charge is -2.24. The minimum Gasteiger partial charge on any atom is -0.350 e. The summed E-state index contributed by atoms with van der Waals surface area (Å²) in [6.07, 6.45) is 3.43. The van der Waals surface area contributed by atoms with Crippen LogP contribution in [0, 0.1) is 5.92 Å². The number of rotatable bonds is 1. The maximum absolute atomic E-state index is 12.4. The van der Waals surface area contributed by atoms with E-state index in [9.17, 15) is 4.79 Å². The van der Waals surface area contributed by atoms with Crippen molar-refractivity contribution in [2.24, 2.45) is 11.7 Å². The van der Waals surface area contributed by atoms with Crippen LogP contribution in [0.1, 0.15) is 27.7 Å². The lowest BCUT2D eigenvalue weighted by molar-refractivity contribution is 0.382. The zero-order valence-electron chi connectivity index (χ0n) is 11.6. The Hall–Kier alpha value is -1.36. The second kappa shape index (κ2) is 4.39. The Labute approximate surface area is 108 Å². The highest BCUT2D eigenvalue weighted by atomic mass is 16.1. The van der Waals surface area contributed by atoms with E-state index in [-0.39, 0.29) is 17.1 Å². The average Bonchev–Trinajstić information content (AvgIpc) is 2.57. The zero-order valence-corrected chi connectivity index (χ0v) is 11.6. The molecular formula is C13H22N4O. The van der Waals surface area contributed by atoms with Crippen molar-refractivity contribution in [3.8, 4) is 0 Å². The van der Waals surface area contributed by atoms with Crippen molar-refractivity contribution < 1.29 is 0 Å². The van der Waals surface area contributed by atoms with Crippen LogP contribution in [0.25, 0.3) is 0 Å². The van der Waals surface area contributed by atoms with Gasteiger partial charge in [0.25, 0.3) is 5.56 Å². The Morgan fingerprint density at radius 3 is 2.56 bits per heavy atom. The molecule has 0 spiro atoms. The summed E-state index contributed by atoms with van der Waals surface area (Å²) in [5, 5.41) is 0. The molecule has 1 aliphatic rings. The van der Waals surface area contributed by atoms with Gasteiger partial charge in [-0.1, -0.05) is 6.92 Å². The Morgan fingerprint density at radius 2 is 2.06 bits per heavy atom. The molecule has 0 radical (unpaired) electrons. The average molecular weight is 250 g/mol. The molecule has 5 nitrogen and oxygen atoms in total. The normalized spacial score (nSPS) is 24.6. The van der Waals surface area contributed by atoms with Gasteiger partial charge in [-0.15, -0.1) is 0 Å². The Morgan fingerprint density at radius 1 is 1.39 bits per heavy atom. The second-order valence-electron chi connectivity index (χ2n) is 6.14. The molecule has 5 heteroatoms. The predicted molar refractivity (Wildman–Crippen MR) is 72.8 cm³/mol. The zero-order chi connectivity index (χ0) is 13.5. The van der Waals surface area contributed by atoms with Gasteiger partial charge < -0.3 is 15.2 Å². The first-order chi connectivity index (χ1) is 8.30. The van der Waals surface area contributed by atoms with Crippen molar-refractivity contribution in [1.82, 2.24) is 9.55 Å². The lowest BCUT2D eigenvalue weighted by Crippen LogP contribution is -2.38. The molecule has 0 aliphatic carbocycles. The fraction of sp³-hybridized carbons (Fsp3) is 0.692. The van der Waals surface area contributed by atoms with Crippen molar-refractivity contribution in [3.63, 3.8) is 0 Å². The van der Waals surface area contributed by atoms with Gasteiger partial charge in [0.1, 0.15) is 0 Å². The van der Waals surface area contributed by atoms with E-state index in [4.69, 9.17) is 5.73 Å². The largest absolute Gasteiger partial charge is 0.350 e. The molecule has 0 aromatic carbocycles. The summed E-state index contributed by atoms with van der Waals surface area (Å²) in [6, 6.07) is 0.120. The molecule has 1 aromatic rings. The van der Waals surface area contributed by atoms with Crippen LogP contribution >= 0.6 is 0 Å². The minimum absolute atomic E-state index is 0.0358. The van der Waals surface area contributed by atoms with Gasteiger partial charge in [0, 0.05) is 37.1 Å². The van der Waals surface area contributed by atoms with E-state index in [1.807, 2.05) is 25.7 Å². The van der Waals surface area contributed by atoms with E-state index < -0.39 is 0 Å². The highest BCUT2D eigenvalue weighted by Gasteiger charge is 2.30. The summed E-state index contributed by atoms with van der Waals surface area (Å²) in [6.45, 7) is 9.65. The van der Waals surface area contributed by atoms with Crippen LogP contribution in [0.15, 0.2) is 17.2 Å². The number of hydrogen-bond donors (Lipinski definition) is 1. The predicted octanol–water partition coefficient (Wildman–Crippen LogP) is 0.782. The summed E-state index contributed by atoms with van der Waals surface area (Å²) >= 11 is 0. The van der Waals surface area contributed by atoms with Gasteiger partial charge in [-0.25, -0.2) is 4.98 Å². The van der Waals surface area contributed by atoms with Crippen LogP contribution in [0.2, 0.25) is 0 Å². The standard InChI is InChI=1S/C13H22N4O/c1-9-7-16(8-10(9)14)11-12(18)17(6-5-15-11)13(2,3)4/h5-6,9-10H,7-8,14H2,1-4H3. The summed E-state index contributed by atoms with van der Waals surface area (Å²) in [7, 11) is 0. The third kappa shape index (κ3) is 2.27. The van der Waals surface area contributed by atoms with Crippen LogP contribution < -0.4 is 16.2 Å². The first-order valence-corrected chi connectivity index (χ1v) is 6.39. The lowest BCUT2D eigenvalue weighted by atomic mass is 10.1. The molecule has 100 valence electrons. The van der Waals surface area contributed by atoms with Gasteiger partial charge in [0.2, 0.25) is 0 Å². The number of nitrogens with zero attached hydrogens (tertiary/aromatic N) is 3. The number of aromatic nitrogens is 2. The topological polar surface area (TPSA) is 64.2 Å². The van der Waals surface area contributed by atoms with E-state index >= 15 is 0 Å². The summed E-state index contributed by atoms with van der Waals surface area (Å²) in [4.78, 5) is 18.7. The molecule has 2 N–H and O–H groups in total. The maximum atomic E-state index is 12.4. The SMILES string of the molecule is CC1CN(c2nccn(C(C)(C)C)c2=O)CC1N. The molecule has 2 atom stereocenters. The highest BCUT2D eigenvalue weighted by molar-refractivity contribution is 5.38. The van der Waals surface area contributed by atoms with E-state index in [2.05, 4.69) is 11.9 Å². The van der Waals surface area contributed by atoms with E-state index in [0.29, 0.717) is 18.3 Å². The van der Waals surface area contributed by atoms with Crippen molar-refractivity contribution in [1.29, 1.82) is 0 Å². The van der Waals surface area contributed by atoms with Gasteiger partial charge >= 0.3 is 0 Å². The number of nitrogens with two attached hydrogens (primary N) is 1. The first kappa shape index (κ1) is 13.1. The fourth-order valence-electron chi connectivity index (χ4n) is 2.31. The van der Waals surface area contributed by atoms with Crippen LogP contribution in [-0.4, -0.2) is 28.7 Å². The van der Waals surface area contributed by atoms with Crippen LogP contribution in [0.4, 0.5) is 5.82 Å². The second-order valence-corrected chi connectivity index (χ2v) is 6.14. The van der Waals surface area contributed by atoms with Gasteiger partial charge in [-0.05, 0) is 26.7 Å². The summed E-state index contributed by atoms with van der Waals surface area (Å²) in [5.74, 6) is 0.918. The van der Waals surface area contributed by atoms with Gasteiger partial charge in [0.05, 0.1) is 0 Å². The monoisotopic (exact) mass is 250 g/mol.